The molecule has 1 atom stereocenters. The number of hydrogen-bond donors (Lipinski definition) is 1. The molecular weight excluding hydrogens is 250 g/mol. The van der Waals surface area contributed by atoms with E-state index in [9.17, 15) is 0 Å². The Balaban J connectivity index is 2.21. The smallest absolute Gasteiger partial charge is 0.213 e. The van der Waals surface area contributed by atoms with Crippen molar-refractivity contribution < 1.29 is 4.74 Å². The van der Waals surface area contributed by atoms with Crippen LogP contribution in [0.25, 0.3) is 0 Å². The molecule has 0 radical (unpaired) electrons. The van der Waals surface area contributed by atoms with Crippen LogP contribution in [0.5, 0.6) is 5.88 Å². The lowest BCUT2D eigenvalue weighted by Crippen LogP contribution is -2.11. The Kier molecular flexibility index (Phi) is 4.23. The van der Waals surface area contributed by atoms with Crippen LogP contribution >= 0.6 is 0 Å². The van der Waals surface area contributed by atoms with Crippen LogP contribution in [0.15, 0.2) is 24.4 Å². The third-order valence-electron chi connectivity index (χ3n) is 3.35. The quantitative estimate of drug-likeness (QED) is 0.923. The van der Waals surface area contributed by atoms with Gasteiger partial charge in [-0.05, 0) is 51.0 Å². The molecule has 0 aliphatic carbocycles. The second-order valence-electron chi connectivity index (χ2n) is 5.03. The van der Waals surface area contributed by atoms with E-state index >= 15 is 0 Å². The lowest BCUT2D eigenvalue weighted by atomic mass is 10.0. The van der Waals surface area contributed by atoms with Crippen LogP contribution in [0.3, 0.4) is 0 Å². The number of anilines is 1. The van der Waals surface area contributed by atoms with E-state index in [1.165, 1.54) is 11.1 Å². The lowest BCUT2D eigenvalue weighted by Gasteiger charge is -2.20. The summed E-state index contributed by atoms with van der Waals surface area (Å²) in [5, 5.41) is 3.45. The minimum Gasteiger partial charge on any atom is -0.481 e. The molecule has 0 spiro atoms. The molecule has 0 aliphatic rings. The molecule has 2 rings (SSSR count). The predicted molar refractivity (Wildman–Crippen MR) is 81.3 cm³/mol. The molecule has 0 aromatic carbocycles. The topological polar surface area (TPSA) is 47.0 Å². The largest absolute Gasteiger partial charge is 0.481 e. The third kappa shape index (κ3) is 3.07. The van der Waals surface area contributed by atoms with Gasteiger partial charge in [0.1, 0.15) is 0 Å². The van der Waals surface area contributed by atoms with Crippen LogP contribution in [0, 0.1) is 20.8 Å². The molecule has 0 bridgehead atoms. The molecule has 2 aromatic heterocycles. The Labute approximate surface area is 120 Å². The van der Waals surface area contributed by atoms with Gasteiger partial charge >= 0.3 is 0 Å². The molecule has 4 nitrogen and oxygen atoms in total. The van der Waals surface area contributed by atoms with Gasteiger partial charge < -0.3 is 10.1 Å². The molecule has 0 saturated heterocycles. The van der Waals surface area contributed by atoms with E-state index in [1.54, 1.807) is 13.3 Å². The van der Waals surface area contributed by atoms with E-state index in [2.05, 4.69) is 42.1 Å². The number of nitrogens with one attached hydrogen (secondary N) is 1. The molecule has 0 saturated carbocycles. The zero-order valence-corrected chi connectivity index (χ0v) is 12.7. The number of pyridine rings is 2. The second kappa shape index (κ2) is 5.90. The number of nitrogens with zero attached hydrogens (tertiary/aromatic N) is 2. The molecule has 20 heavy (non-hydrogen) atoms. The molecule has 0 fully saturated rings. The summed E-state index contributed by atoms with van der Waals surface area (Å²) < 4.78 is 5.06. The Hall–Kier alpha value is -2.10. The van der Waals surface area contributed by atoms with Gasteiger partial charge in [-0.3, -0.25) is 4.98 Å². The summed E-state index contributed by atoms with van der Waals surface area (Å²) in [6.45, 7) is 8.34. The Morgan fingerprint density at radius 2 is 1.95 bits per heavy atom. The van der Waals surface area contributed by atoms with Gasteiger partial charge in [0.25, 0.3) is 0 Å². The fourth-order valence-corrected chi connectivity index (χ4v) is 2.60. The maximum absolute atomic E-state index is 5.06. The first kappa shape index (κ1) is 14.3. The highest BCUT2D eigenvalue weighted by Gasteiger charge is 2.13. The summed E-state index contributed by atoms with van der Waals surface area (Å²) in [7, 11) is 1.61. The number of ether oxygens (including phenoxy) is 1. The maximum Gasteiger partial charge on any atom is 0.213 e. The SMILES string of the molecule is COc1ccc(NC(C)c2c(C)cc(C)nc2C)cn1. The maximum atomic E-state index is 5.06. The molecule has 0 amide bonds. The number of aromatic nitrogens is 2. The van der Waals surface area contributed by atoms with Crippen molar-refractivity contribution in [2.24, 2.45) is 0 Å². The van der Waals surface area contributed by atoms with Crippen LogP contribution in [0.2, 0.25) is 0 Å². The first-order valence-corrected chi connectivity index (χ1v) is 6.72. The standard InChI is InChI=1S/C16H21N3O/c1-10-8-11(2)18-12(3)16(10)13(4)19-14-6-7-15(20-5)17-9-14/h6-9,13,19H,1-5H3. The van der Waals surface area contributed by atoms with Crippen molar-refractivity contribution in [1.82, 2.24) is 9.97 Å². The minimum atomic E-state index is 0.179. The highest BCUT2D eigenvalue weighted by Crippen LogP contribution is 2.25. The Bertz CT molecular complexity index is 570. The summed E-state index contributed by atoms with van der Waals surface area (Å²) in [6.07, 6.45) is 1.78. The second-order valence-corrected chi connectivity index (χ2v) is 5.03. The first-order valence-electron chi connectivity index (χ1n) is 6.72. The molecule has 106 valence electrons. The number of hydrogen-bond acceptors (Lipinski definition) is 4. The molecule has 4 heteroatoms. The van der Waals surface area contributed by atoms with Gasteiger partial charge in [0.05, 0.1) is 25.0 Å². The van der Waals surface area contributed by atoms with Crippen molar-refractivity contribution in [2.75, 3.05) is 12.4 Å². The predicted octanol–water partition coefficient (Wildman–Crippen LogP) is 3.58. The van der Waals surface area contributed by atoms with Gasteiger partial charge in [-0.2, -0.15) is 0 Å². The van der Waals surface area contributed by atoms with Gasteiger partial charge in [-0.1, -0.05) is 0 Å². The van der Waals surface area contributed by atoms with E-state index in [0.717, 1.165) is 17.1 Å². The summed E-state index contributed by atoms with van der Waals surface area (Å²) in [6, 6.07) is 6.11. The van der Waals surface area contributed by atoms with Crippen molar-refractivity contribution in [3.05, 3.63) is 46.9 Å². The van der Waals surface area contributed by atoms with Gasteiger partial charge in [-0.25, -0.2) is 4.98 Å². The third-order valence-corrected chi connectivity index (χ3v) is 3.35. The normalized spacial score (nSPS) is 12.1. The molecule has 0 aliphatic heterocycles. The molecule has 1 unspecified atom stereocenters. The summed E-state index contributed by atoms with van der Waals surface area (Å²) in [5.74, 6) is 0.618. The van der Waals surface area contributed by atoms with Crippen molar-refractivity contribution in [3.8, 4) is 5.88 Å². The van der Waals surface area contributed by atoms with E-state index < -0.39 is 0 Å². The number of rotatable bonds is 4. The monoisotopic (exact) mass is 271 g/mol. The summed E-state index contributed by atoms with van der Waals surface area (Å²) in [4.78, 5) is 8.75. The van der Waals surface area contributed by atoms with Crippen LogP contribution in [-0.4, -0.2) is 17.1 Å². The average molecular weight is 271 g/mol. The average Bonchev–Trinajstić information content (AvgIpc) is 2.38. The molecule has 2 aromatic rings. The zero-order chi connectivity index (χ0) is 14.7. The van der Waals surface area contributed by atoms with Crippen molar-refractivity contribution in [2.45, 2.75) is 33.7 Å². The van der Waals surface area contributed by atoms with Crippen molar-refractivity contribution >= 4 is 5.69 Å². The van der Waals surface area contributed by atoms with Crippen molar-refractivity contribution in [1.29, 1.82) is 0 Å². The van der Waals surface area contributed by atoms with Gasteiger partial charge in [0.15, 0.2) is 0 Å². The van der Waals surface area contributed by atoms with Gasteiger partial charge in [0.2, 0.25) is 5.88 Å². The highest BCUT2D eigenvalue weighted by atomic mass is 16.5. The van der Waals surface area contributed by atoms with E-state index in [1.807, 2.05) is 19.1 Å². The van der Waals surface area contributed by atoms with E-state index in [-0.39, 0.29) is 6.04 Å². The Morgan fingerprint density at radius 3 is 2.50 bits per heavy atom. The number of methoxy groups -OCH3 is 1. The van der Waals surface area contributed by atoms with Gasteiger partial charge in [0, 0.05) is 17.5 Å². The Morgan fingerprint density at radius 1 is 1.20 bits per heavy atom. The van der Waals surface area contributed by atoms with Crippen LogP contribution in [0.1, 0.15) is 35.5 Å². The van der Waals surface area contributed by atoms with Crippen LogP contribution in [-0.2, 0) is 0 Å². The summed E-state index contributed by atoms with van der Waals surface area (Å²) in [5.41, 5.74) is 5.60. The van der Waals surface area contributed by atoms with E-state index in [4.69, 9.17) is 4.74 Å². The lowest BCUT2D eigenvalue weighted by molar-refractivity contribution is 0.398. The summed E-state index contributed by atoms with van der Waals surface area (Å²) >= 11 is 0. The fraction of sp³-hybridized carbons (Fsp3) is 0.375. The molecule has 2 heterocycles. The fourth-order valence-electron chi connectivity index (χ4n) is 2.60. The first-order chi connectivity index (χ1) is 9.51. The minimum absolute atomic E-state index is 0.179. The number of aryl methyl sites for hydroxylation is 3. The van der Waals surface area contributed by atoms with Crippen molar-refractivity contribution in [3.63, 3.8) is 0 Å². The zero-order valence-electron chi connectivity index (χ0n) is 12.7. The van der Waals surface area contributed by atoms with Gasteiger partial charge in [-0.15, -0.1) is 0 Å². The van der Waals surface area contributed by atoms with Crippen LogP contribution in [0.4, 0.5) is 5.69 Å². The van der Waals surface area contributed by atoms with Crippen LogP contribution < -0.4 is 10.1 Å². The van der Waals surface area contributed by atoms with E-state index in [0.29, 0.717) is 5.88 Å². The highest BCUT2D eigenvalue weighted by molar-refractivity contribution is 5.46. The molecule has 1 N–H and O–H groups in total. The molecular formula is C16H21N3O.